The zero-order valence-electron chi connectivity index (χ0n) is 23.9. The molecule has 208 valence electrons. The summed E-state index contributed by atoms with van der Waals surface area (Å²) in [5.74, 6) is 1.17. The topological polar surface area (TPSA) is 67.9 Å². The van der Waals surface area contributed by atoms with Gasteiger partial charge in [0.25, 0.3) is 0 Å². The van der Waals surface area contributed by atoms with Crippen LogP contribution in [0.3, 0.4) is 0 Å². The molecule has 0 aliphatic carbocycles. The third-order valence-corrected chi connectivity index (χ3v) is 6.41. The van der Waals surface area contributed by atoms with E-state index in [0.717, 1.165) is 22.3 Å². The number of amides is 2. The van der Waals surface area contributed by atoms with Gasteiger partial charge in [-0.15, -0.1) is 0 Å². The average Bonchev–Trinajstić information content (AvgIpc) is 2.92. The summed E-state index contributed by atoms with van der Waals surface area (Å²) >= 11 is 0. The van der Waals surface area contributed by atoms with Crippen LogP contribution in [0.15, 0.2) is 72.8 Å². The second kappa shape index (κ2) is 15.0. The van der Waals surface area contributed by atoms with E-state index in [2.05, 4.69) is 5.32 Å². The predicted molar refractivity (Wildman–Crippen MR) is 156 cm³/mol. The number of nitrogens with zero attached hydrogens (tertiary/aromatic N) is 1. The summed E-state index contributed by atoms with van der Waals surface area (Å²) in [4.78, 5) is 29.1. The van der Waals surface area contributed by atoms with Crippen LogP contribution in [0.2, 0.25) is 0 Å². The standard InChI is InChI=1S/C33H42N2O4/c1-6-38-30-19-17-27(22-31(30)39-7-2)18-20-32(36)35(23-28-15-13-25(5)14-16-28)29(33(37)34-24(3)4)21-26-11-9-8-10-12-26/h8-17,19,22,24,29H,6-7,18,20-21,23H2,1-5H3,(H,34,37)/t29-/m0/s1. The molecule has 0 heterocycles. The van der Waals surface area contributed by atoms with Gasteiger partial charge >= 0.3 is 0 Å². The highest BCUT2D eigenvalue weighted by Gasteiger charge is 2.30. The minimum Gasteiger partial charge on any atom is -0.490 e. The number of nitrogens with one attached hydrogen (secondary N) is 1. The lowest BCUT2D eigenvalue weighted by atomic mass is 10.0. The lowest BCUT2D eigenvalue weighted by molar-refractivity contribution is -0.141. The largest absolute Gasteiger partial charge is 0.490 e. The van der Waals surface area contributed by atoms with Gasteiger partial charge in [-0.25, -0.2) is 0 Å². The van der Waals surface area contributed by atoms with Gasteiger partial charge in [-0.05, 0) is 69.9 Å². The summed E-state index contributed by atoms with van der Waals surface area (Å²) in [6.07, 6.45) is 1.24. The van der Waals surface area contributed by atoms with Crippen LogP contribution in [-0.2, 0) is 29.0 Å². The van der Waals surface area contributed by atoms with Gasteiger partial charge in [0.2, 0.25) is 11.8 Å². The van der Waals surface area contributed by atoms with Crippen LogP contribution in [0.5, 0.6) is 11.5 Å². The SMILES string of the molecule is CCOc1ccc(CCC(=O)N(Cc2ccc(C)cc2)[C@@H](Cc2ccccc2)C(=O)NC(C)C)cc1OCC. The van der Waals surface area contributed by atoms with E-state index in [1.807, 2.05) is 107 Å². The molecule has 6 nitrogen and oxygen atoms in total. The Labute approximate surface area is 233 Å². The maximum atomic E-state index is 13.9. The Bertz CT molecular complexity index is 1190. The maximum absolute atomic E-state index is 13.9. The highest BCUT2D eigenvalue weighted by Crippen LogP contribution is 2.29. The van der Waals surface area contributed by atoms with E-state index in [1.54, 1.807) is 4.90 Å². The highest BCUT2D eigenvalue weighted by molar-refractivity contribution is 5.88. The average molecular weight is 531 g/mol. The highest BCUT2D eigenvalue weighted by atomic mass is 16.5. The molecule has 0 bridgehead atoms. The summed E-state index contributed by atoms with van der Waals surface area (Å²) in [6.45, 7) is 11.2. The van der Waals surface area contributed by atoms with Crippen LogP contribution >= 0.6 is 0 Å². The molecule has 3 aromatic carbocycles. The lowest BCUT2D eigenvalue weighted by Crippen LogP contribution is -2.51. The number of benzene rings is 3. The van der Waals surface area contributed by atoms with Crippen molar-refractivity contribution in [2.45, 2.75) is 72.5 Å². The molecule has 0 spiro atoms. The first kappa shape index (κ1) is 29.8. The first-order chi connectivity index (χ1) is 18.8. The first-order valence-corrected chi connectivity index (χ1v) is 13.9. The van der Waals surface area contributed by atoms with E-state index >= 15 is 0 Å². The minimum absolute atomic E-state index is 0.0343. The quantitative estimate of drug-likeness (QED) is 0.282. The number of rotatable bonds is 14. The number of ether oxygens (including phenoxy) is 2. The minimum atomic E-state index is -0.636. The lowest BCUT2D eigenvalue weighted by Gasteiger charge is -2.32. The zero-order valence-corrected chi connectivity index (χ0v) is 23.9. The fourth-order valence-corrected chi connectivity index (χ4v) is 4.47. The van der Waals surface area contributed by atoms with Gasteiger partial charge in [0, 0.05) is 25.4 Å². The molecule has 0 fully saturated rings. The third-order valence-electron chi connectivity index (χ3n) is 6.41. The molecule has 2 amide bonds. The molecule has 3 aromatic rings. The number of hydrogen-bond acceptors (Lipinski definition) is 4. The van der Waals surface area contributed by atoms with Crippen LogP contribution in [-0.4, -0.2) is 42.0 Å². The van der Waals surface area contributed by atoms with Crippen molar-refractivity contribution in [3.8, 4) is 11.5 Å². The summed E-state index contributed by atoms with van der Waals surface area (Å²) in [7, 11) is 0. The number of aryl methyl sites for hydroxylation is 2. The van der Waals surface area contributed by atoms with E-state index in [1.165, 1.54) is 0 Å². The van der Waals surface area contributed by atoms with Gasteiger partial charge in [-0.2, -0.15) is 0 Å². The smallest absolute Gasteiger partial charge is 0.243 e. The molecule has 0 radical (unpaired) electrons. The first-order valence-electron chi connectivity index (χ1n) is 13.9. The monoisotopic (exact) mass is 530 g/mol. The summed E-state index contributed by atoms with van der Waals surface area (Å²) in [6, 6.07) is 23.1. The van der Waals surface area contributed by atoms with Gasteiger partial charge in [0.05, 0.1) is 13.2 Å². The molecular formula is C33H42N2O4. The molecule has 1 N–H and O–H groups in total. The third kappa shape index (κ3) is 9.17. The molecule has 0 saturated carbocycles. The summed E-state index contributed by atoms with van der Waals surface area (Å²) in [5, 5.41) is 3.04. The molecule has 0 unspecified atom stereocenters. The van der Waals surface area contributed by atoms with E-state index in [0.29, 0.717) is 44.1 Å². The Hall–Kier alpha value is -3.80. The fourth-order valence-electron chi connectivity index (χ4n) is 4.47. The van der Waals surface area contributed by atoms with Crippen molar-refractivity contribution < 1.29 is 19.1 Å². The Morgan fingerprint density at radius 1 is 0.821 bits per heavy atom. The zero-order chi connectivity index (χ0) is 28.2. The van der Waals surface area contributed by atoms with Crippen molar-refractivity contribution in [1.82, 2.24) is 10.2 Å². The number of hydrogen-bond donors (Lipinski definition) is 1. The summed E-state index contributed by atoms with van der Waals surface area (Å²) < 4.78 is 11.5. The van der Waals surface area contributed by atoms with Gasteiger partial charge in [0.1, 0.15) is 6.04 Å². The Morgan fingerprint density at radius 2 is 1.46 bits per heavy atom. The maximum Gasteiger partial charge on any atom is 0.243 e. The number of carbonyl (C=O) groups excluding carboxylic acids is 2. The van der Waals surface area contributed by atoms with Crippen LogP contribution in [0.4, 0.5) is 0 Å². The summed E-state index contributed by atoms with van der Waals surface area (Å²) in [5.41, 5.74) is 4.13. The molecule has 6 heteroatoms. The molecule has 39 heavy (non-hydrogen) atoms. The molecule has 3 rings (SSSR count). The van der Waals surface area contributed by atoms with Crippen LogP contribution in [0, 0.1) is 6.92 Å². The van der Waals surface area contributed by atoms with Crippen molar-refractivity contribution >= 4 is 11.8 Å². The second-order valence-corrected chi connectivity index (χ2v) is 10.0. The normalized spacial score (nSPS) is 11.6. The number of carbonyl (C=O) groups is 2. The van der Waals surface area contributed by atoms with Gasteiger partial charge < -0.3 is 19.7 Å². The van der Waals surface area contributed by atoms with Gasteiger partial charge in [-0.3, -0.25) is 9.59 Å². The molecule has 0 saturated heterocycles. The van der Waals surface area contributed by atoms with Crippen molar-refractivity contribution in [2.75, 3.05) is 13.2 Å². The van der Waals surface area contributed by atoms with E-state index in [4.69, 9.17) is 9.47 Å². The van der Waals surface area contributed by atoms with E-state index < -0.39 is 6.04 Å². The van der Waals surface area contributed by atoms with Gasteiger partial charge in [-0.1, -0.05) is 66.2 Å². The van der Waals surface area contributed by atoms with Crippen molar-refractivity contribution in [1.29, 1.82) is 0 Å². The molecular weight excluding hydrogens is 488 g/mol. The van der Waals surface area contributed by atoms with Crippen molar-refractivity contribution in [3.63, 3.8) is 0 Å². The Balaban J connectivity index is 1.89. The second-order valence-electron chi connectivity index (χ2n) is 10.0. The van der Waals surface area contributed by atoms with E-state index in [-0.39, 0.29) is 24.3 Å². The Kier molecular flexibility index (Phi) is 11.4. The van der Waals surface area contributed by atoms with Crippen molar-refractivity contribution in [3.05, 3.63) is 95.1 Å². The predicted octanol–water partition coefficient (Wildman–Crippen LogP) is 5.89. The fraction of sp³-hybridized carbons (Fsp3) is 0.394. The van der Waals surface area contributed by atoms with Crippen molar-refractivity contribution in [2.24, 2.45) is 0 Å². The van der Waals surface area contributed by atoms with E-state index in [9.17, 15) is 9.59 Å². The van der Waals surface area contributed by atoms with Crippen LogP contribution in [0.1, 0.15) is 56.4 Å². The van der Waals surface area contributed by atoms with Crippen LogP contribution in [0.25, 0.3) is 0 Å². The molecule has 0 aliphatic heterocycles. The van der Waals surface area contributed by atoms with Crippen LogP contribution < -0.4 is 14.8 Å². The molecule has 1 atom stereocenters. The van der Waals surface area contributed by atoms with Gasteiger partial charge in [0.15, 0.2) is 11.5 Å². The molecule has 0 aromatic heterocycles. The molecule has 0 aliphatic rings. The Morgan fingerprint density at radius 3 is 2.10 bits per heavy atom.